The summed E-state index contributed by atoms with van der Waals surface area (Å²) in [4.78, 5) is 9.01. The Hall–Kier alpha value is -0.770. The summed E-state index contributed by atoms with van der Waals surface area (Å²) in [7, 11) is 2.17. The van der Waals surface area contributed by atoms with Crippen LogP contribution in [-0.4, -0.2) is 54.5 Å². The lowest BCUT2D eigenvalue weighted by molar-refractivity contribution is 0.0737. The second kappa shape index (κ2) is 5.04. The predicted molar refractivity (Wildman–Crippen MR) is 69.6 cm³/mol. The second-order valence-electron chi connectivity index (χ2n) is 5.75. The number of aliphatic imine (C=N–C) groups is 1. The molecule has 1 heterocycles. The van der Waals surface area contributed by atoms with Crippen LogP contribution in [-0.2, 0) is 0 Å². The number of hydrogen-bond donors (Lipinski definition) is 1. The number of nitrogens with two attached hydrogens (primary N) is 1. The largest absolute Gasteiger partial charge is 0.370 e. The summed E-state index contributed by atoms with van der Waals surface area (Å²) < 4.78 is 0. The molecule has 1 aliphatic rings. The summed E-state index contributed by atoms with van der Waals surface area (Å²) in [5.74, 6) is 1.27. The molecule has 0 aromatic rings. The molecular weight excluding hydrogens is 200 g/mol. The van der Waals surface area contributed by atoms with Crippen LogP contribution in [0.1, 0.15) is 27.7 Å². The van der Waals surface area contributed by atoms with Crippen molar-refractivity contribution in [3.63, 3.8) is 0 Å². The molecule has 1 saturated heterocycles. The van der Waals surface area contributed by atoms with E-state index in [1.807, 2.05) is 0 Å². The molecule has 1 rings (SSSR count). The van der Waals surface area contributed by atoms with E-state index in [9.17, 15) is 0 Å². The first-order chi connectivity index (χ1) is 7.33. The van der Waals surface area contributed by atoms with Crippen LogP contribution < -0.4 is 5.73 Å². The van der Waals surface area contributed by atoms with Crippen LogP contribution in [0.15, 0.2) is 4.99 Å². The smallest absolute Gasteiger partial charge is 0.191 e. The van der Waals surface area contributed by atoms with E-state index in [1.165, 1.54) is 0 Å². The maximum Gasteiger partial charge on any atom is 0.191 e. The standard InChI is InChI=1S/C12H26N4/c1-10(2)8-14-11(13)16-7-6-15(5)12(3,4)9-16/h10H,6-9H2,1-5H3,(H2,13,14). The van der Waals surface area contributed by atoms with Crippen molar-refractivity contribution in [3.05, 3.63) is 0 Å². The first-order valence-corrected chi connectivity index (χ1v) is 6.09. The van der Waals surface area contributed by atoms with Gasteiger partial charge in [-0.25, -0.2) is 0 Å². The fourth-order valence-electron chi connectivity index (χ4n) is 1.81. The third kappa shape index (κ3) is 3.37. The van der Waals surface area contributed by atoms with E-state index in [1.54, 1.807) is 0 Å². The van der Waals surface area contributed by atoms with Gasteiger partial charge in [0.25, 0.3) is 0 Å². The Balaban J connectivity index is 2.59. The van der Waals surface area contributed by atoms with Gasteiger partial charge in [0, 0.05) is 31.7 Å². The first-order valence-electron chi connectivity index (χ1n) is 6.09. The van der Waals surface area contributed by atoms with E-state index in [2.05, 4.69) is 49.5 Å². The zero-order valence-corrected chi connectivity index (χ0v) is 11.3. The molecule has 2 N–H and O–H groups in total. The highest BCUT2D eigenvalue weighted by Gasteiger charge is 2.31. The van der Waals surface area contributed by atoms with Crippen LogP contribution >= 0.6 is 0 Å². The average molecular weight is 226 g/mol. The maximum atomic E-state index is 6.02. The minimum atomic E-state index is 0.177. The summed E-state index contributed by atoms with van der Waals surface area (Å²) in [6.45, 7) is 12.6. The molecule has 0 radical (unpaired) electrons. The van der Waals surface area contributed by atoms with Crippen LogP contribution in [0, 0.1) is 5.92 Å². The van der Waals surface area contributed by atoms with Gasteiger partial charge in [0.15, 0.2) is 5.96 Å². The molecule has 0 aliphatic carbocycles. The Morgan fingerprint density at radius 1 is 1.38 bits per heavy atom. The van der Waals surface area contributed by atoms with Crippen LogP contribution in [0.3, 0.4) is 0 Å². The highest BCUT2D eigenvalue weighted by atomic mass is 15.3. The van der Waals surface area contributed by atoms with Crippen LogP contribution in [0.5, 0.6) is 0 Å². The molecule has 94 valence electrons. The predicted octanol–water partition coefficient (Wildman–Crippen LogP) is 0.983. The third-order valence-electron chi connectivity index (χ3n) is 3.26. The SMILES string of the molecule is CC(C)CN=C(N)N1CCN(C)C(C)(C)C1. The quantitative estimate of drug-likeness (QED) is 0.564. The van der Waals surface area contributed by atoms with Crippen molar-refractivity contribution in [1.29, 1.82) is 0 Å². The summed E-state index contributed by atoms with van der Waals surface area (Å²) in [5.41, 5.74) is 6.20. The molecule has 1 aliphatic heterocycles. The minimum absolute atomic E-state index is 0.177. The lowest BCUT2D eigenvalue weighted by Gasteiger charge is -2.45. The zero-order valence-electron chi connectivity index (χ0n) is 11.3. The summed E-state index contributed by atoms with van der Waals surface area (Å²) in [6, 6.07) is 0. The topological polar surface area (TPSA) is 44.9 Å². The van der Waals surface area contributed by atoms with Crippen LogP contribution in [0.4, 0.5) is 0 Å². The fourth-order valence-corrected chi connectivity index (χ4v) is 1.81. The Kier molecular flexibility index (Phi) is 4.19. The molecule has 4 nitrogen and oxygen atoms in total. The monoisotopic (exact) mass is 226 g/mol. The van der Waals surface area contributed by atoms with Gasteiger partial charge < -0.3 is 10.6 Å². The average Bonchev–Trinajstić information content (AvgIpc) is 2.18. The Labute approximate surface area is 99.5 Å². The van der Waals surface area contributed by atoms with Gasteiger partial charge in [-0.1, -0.05) is 13.8 Å². The van der Waals surface area contributed by atoms with Gasteiger partial charge in [-0.05, 0) is 26.8 Å². The van der Waals surface area contributed by atoms with E-state index in [4.69, 9.17) is 5.73 Å². The maximum absolute atomic E-state index is 6.02. The molecule has 0 bridgehead atoms. The van der Waals surface area contributed by atoms with E-state index in [0.29, 0.717) is 11.9 Å². The molecule has 0 aromatic carbocycles. The van der Waals surface area contributed by atoms with Gasteiger partial charge in [-0.3, -0.25) is 9.89 Å². The number of rotatable bonds is 2. The Morgan fingerprint density at radius 3 is 2.50 bits per heavy atom. The molecular formula is C12H26N4. The van der Waals surface area contributed by atoms with E-state index in [0.717, 1.165) is 26.2 Å². The molecule has 0 aromatic heterocycles. The van der Waals surface area contributed by atoms with Gasteiger partial charge in [-0.2, -0.15) is 0 Å². The molecule has 4 heteroatoms. The van der Waals surface area contributed by atoms with E-state index >= 15 is 0 Å². The second-order valence-corrected chi connectivity index (χ2v) is 5.75. The Morgan fingerprint density at radius 2 is 2.00 bits per heavy atom. The van der Waals surface area contributed by atoms with Crippen molar-refractivity contribution >= 4 is 5.96 Å². The normalized spacial score (nSPS) is 22.9. The summed E-state index contributed by atoms with van der Waals surface area (Å²) in [6.07, 6.45) is 0. The van der Waals surface area contributed by atoms with Crippen molar-refractivity contribution in [3.8, 4) is 0 Å². The van der Waals surface area contributed by atoms with E-state index < -0.39 is 0 Å². The summed E-state index contributed by atoms with van der Waals surface area (Å²) >= 11 is 0. The number of hydrogen-bond acceptors (Lipinski definition) is 2. The lowest BCUT2D eigenvalue weighted by Crippen LogP contribution is -2.60. The molecule has 0 amide bonds. The molecule has 16 heavy (non-hydrogen) atoms. The van der Waals surface area contributed by atoms with Gasteiger partial charge >= 0.3 is 0 Å². The van der Waals surface area contributed by atoms with Gasteiger partial charge in [0.05, 0.1) is 0 Å². The van der Waals surface area contributed by atoms with Crippen molar-refractivity contribution in [2.75, 3.05) is 33.2 Å². The van der Waals surface area contributed by atoms with E-state index in [-0.39, 0.29) is 5.54 Å². The first kappa shape index (κ1) is 13.3. The molecule has 0 atom stereocenters. The van der Waals surface area contributed by atoms with Crippen molar-refractivity contribution < 1.29 is 0 Å². The number of piperazine rings is 1. The zero-order chi connectivity index (χ0) is 12.3. The Bertz CT molecular complexity index is 258. The van der Waals surface area contributed by atoms with Gasteiger partial charge in [0.1, 0.15) is 0 Å². The van der Waals surface area contributed by atoms with Crippen LogP contribution in [0.25, 0.3) is 0 Å². The number of guanidine groups is 1. The fraction of sp³-hybridized carbons (Fsp3) is 0.917. The third-order valence-corrected chi connectivity index (χ3v) is 3.26. The lowest BCUT2D eigenvalue weighted by atomic mass is 10.00. The van der Waals surface area contributed by atoms with Crippen molar-refractivity contribution in [2.24, 2.45) is 16.6 Å². The summed E-state index contributed by atoms with van der Waals surface area (Å²) in [5, 5.41) is 0. The van der Waals surface area contributed by atoms with Gasteiger partial charge in [0.2, 0.25) is 0 Å². The number of nitrogens with zero attached hydrogens (tertiary/aromatic N) is 3. The molecule has 0 spiro atoms. The van der Waals surface area contributed by atoms with Crippen LogP contribution in [0.2, 0.25) is 0 Å². The highest BCUT2D eigenvalue weighted by molar-refractivity contribution is 5.78. The molecule has 0 unspecified atom stereocenters. The number of likely N-dealkylation sites (N-methyl/N-ethyl adjacent to an activating group) is 1. The van der Waals surface area contributed by atoms with Crippen molar-refractivity contribution in [2.45, 2.75) is 33.2 Å². The highest BCUT2D eigenvalue weighted by Crippen LogP contribution is 2.18. The molecule has 0 saturated carbocycles. The molecule has 1 fully saturated rings. The van der Waals surface area contributed by atoms with Gasteiger partial charge in [-0.15, -0.1) is 0 Å². The minimum Gasteiger partial charge on any atom is -0.370 e. The van der Waals surface area contributed by atoms with Crippen molar-refractivity contribution in [1.82, 2.24) is 9.80 Å².